The molecule has 2 aromatic carbocycles. The maximum Gasteiger partial charge on any atom is 0.242 e. The summed E-state index contributed by atoms with van der Waals surface area (Å²) in [6.07, 6.45) is 0.0961. The first-order valence-electron chi connectivity index (χ1n) is 10.8. The van der Waals surface area contributed by atoms with Gasteiger partial charge in [-0.2, -0.15) is 11.3 Å². The molecule has 3 heterocycles. The largest absolute Gasteiger partial charge is 0.339 e. The van der Waals surface area contributed by atoms with E-state index in [1.54, 1.807) is 12.1 Å². The van der Waals surface area contributed by atoms with Crippen molar-refractivity contribution in [3.8, 4) is 11.3 Å². The van der Waals surface area contributed by atoms with Gasteiger partial charge in [-0.15, -0.1) is 11.8 Å². The van der Waals surface area contributed by atoms with Crippen LogP contribution in [-0.2, 0) is 15.1 Å². The number of carbonyl (C=O) groups excluding carboxylic acids is 2. The van der Waals surface area contributed by atoms with Crippen molar-refractivity contribution in [3.63, 3.8) is 0 Å². The zero-order valence-corrected chi connectivity index (χ0v) is 20.0. The second-order valence-corrected chi connectivity index (χ2v) is 10.2. The lowest BCUT2D eigenvalue weighted by Crippen LogP contribution is -2.58. The lowest BCUT2D eigenvalue weighted by molar-refractivity contribution is -0.133. The van der Waals surface area contributed by atoms with Gasteiger partial charge in [0.2, 0.25) is 5.91 Å². The zero-order chi connectivity index (χ0) is 23.7. The lowest BCUT2D eigenvalue weighted by Gasteiger charge is -2.39. The summed E-state index contributed by atoms with van der Waals surface area (Å²) in [7, 11) is 0. The number of thiophene rings is 1. The Balaban J connectivity index is 1.53. The Morgan fingerprint density at radius 3 is 2.53 bits per heavy atom. The Morgan fingerprint density at radius 2 is 1.82 bits per heavy atom. The maximum atomic E-state index is 13.4. The molecule has 1 saturated heterocycles. The van der Waals surface area contributed by atoms with Gasteiger partial charge < -0.3 is 5.32 Å². The van der Waals surface area contributed by atoms with Crippen LogP contribution in [0.4, 0.5) is 4.39 Å². The van der Waals surface area contributed by atoms with Crippen LogP contribution in [0.1, 0.15) is 23.2 Å². The molecule has 0 radical (unpaired) electrons. The molecule has 0 aliphatic carbocycles. The third-order valence-corrected chi connectivity index (χ3v) is 8.09. The number of nitrogens with zero attached hydrogens (tertiary/aromatic N) is 1. The zero-order valence-electron chi connectivity index (χ0n) is 18.3. The van der Waals surface area contributed by atoms with E-state index in [1.807, 2.05) is 66.2 Å². The summed E-state index contributed by atoms with van der Waals surface area (Å²) >= 11 is 2.79. The molecule has 1 aliphatic rings. The number of benzene rings is 2. The summed E-state index contributed by atoms with van der Waals surface area (Å²) in [6.45, 7) is 1.97. The van der Waals surface area contributed by atoms with Crippen LogP contribution >= 0.6 is 23.1 Å². The van der Waals surface area contributed by atoms with Gasteiger partial charge in [0.25, 0.3) is 0 Å². The summed E-state index contributed by atoms with van der Waals surface area (Å²) in [4.78, 5) is 32.6. The van der Waals surface area contributed by atoms with Crippen molar-refractivity contribution in [3.05, 3.63) is 106 Å². The van der Waals surface area contributed by atoms with Gasteiger partial charge in [0.05, 0.1) is 11.4 Å². The fourth-order valence-corrected chi connectivity index (χ4v) is 5.97. The minimum atomic E-state index is -1.06. The second-order valence-electron chi connectivity index (χ2n) is 8.23. The number of ketones is 1. The lowest BCUT2D eigenvalue weighted by atomic mass is 9.79. The first kappa shape index (κ1) is 22.5. The SMILES string of the molecule is Cc1ccccc1SC1C(=O)CC(c2ccsc2)(c2cccc(-c3ccc(F)cc3)n2)NC1=O. The third kappa shape index (κ3) is 4.17. The number of nitrogens with one attached hydrogen (secondary N) is 1. The van der Waals surface area contributed by atoms with Gasteiger partial charge in [0.1, 0.15) is 16.6 Å². The van der Waals surface area contributed by atoms with E-state index < -0.39 is 10.8 Å². The molecule has 2 unspecified atom stereocenters. The molecule has 7 heteroatoms. The standard InChI is InChI=1S/C27H21FN2O2S2/c1-17-5-2-3-7-23(17)34-25-22(31)15-27(30-26(25)32,19-13-14-33-16-19)24-8-4-6-21(29-24)18-9-11-20(28)12-10-18/h2-14,16,25H,15H2,1H3,(H,30,32). The number of hydrogen-bond acceptors (Lipinski definition) is 5. The number of aryl methyl sites for hydroxylation is 1. The Labute approximate surface area is 205 Å². The molecule has 2 atom stereocenters. The van der Waals surface area contributed by atoms with E-state index in [-0.39, 0.29) is 23.9 Å². The van der Waals surface area contributed by atoms with Crippen molar-refractivity contribution in [1.82, 2.24) is 10.3 Å². The van der Waals surface area contributed by atoms with Gasteiger partial charge in [0, 0.05) is 16.9 Å². The predicted molar refractivity (Wildman–Crippen MR) is 133 cm³/mol. The monoisotopic (exact) mass is 488 g/mol. The number of Topliss-reactive ketones (excluding diaryl/α,β-unsaturated/α-hetero) is 1. The van der Waals surface area contributed by atoms with Gasteiger partial charge in [-0.1, -0.05) is 24.3 Å². The van der Waals surface area contributed by atoms with Gasteiger partial charge >= 0.3 is 0 Å². The quantitative estimate of drug-likeness (QED) is 0.364. The fourth-order valence-electron chi connectivity index (χ4n) is 4.19. The molecule has 170 valence electrons. The molecule has 0 bridgehead atoms. The highest BCUT2D eigenvalue weighted by molar-refractivity contribution is 8.01. The van der Waals surface area contributed by atoms with Crippen LogP contribution in [0.5, 0.6) is 0 Å². The summed E-state index contributed by atoms with van der Waals surface area (Å²) in [5.74, 6) is -0.793. The average molecular weight is 489 g/mol. The molecule has 4 aromatic rings. The van der Waals surface area contributed by atoms with Gasteiger partial charge in [-0.3, -0.25) is 9.59 Å². The minimum Gasteiger partial charge on any atom is -0.339 e. The van der Waals surface area contributed by atoms with Crippen LogP contribution in [0.3, 0.4) is 0 Å². The Bertz CT molecular complexity index is 1340. The number of halogens is 1. The van der Waals surface area contributed by atoms with E-state index in [2.05, 4.69) is 5.32 Å². The number of amides is 1. The van der Waals surface area contributed by atoms with Crippen LogP contribution < -0.4 is 5.32 Å². The molecular formula is C27H21FN2O2S2. The third-order valence-electron chi connectivity index (χ3n) is 5.99. The molecule has 2 aromatic heterocycles. The highest BCUT2D eigenvalue weighted by Crippen LogP contribution is 2.40. The van der Waals surface area contributed by atoms with Gasteiger partial charge in [-0.25, -0.2) is 9.37 Å². The normalized spacial score (nSPS) is 20.2. The first-order chi connectivity index (χ1) is 16.5. The van der Waals surface area contributed by atoms with Crippen molar-refractivity contribution >= 4 is 34.8 Å². The van der Waals surface area contributed by atoms with Crippen LogP contribution in [0.25, 0.3) is 11.3 Å². The van der Waals surface area contributed by atoms with Crippen molar-refractivity contribution in [1.29, 1.82) is 0 Å². The first-order valence-corrected chi connectivity index (χ1v) is 12.6. The van der Waals surface area contributed by atoms with E-state index >= 15 is 0 Å². The summed E-state index contributed by atoms with van der Waals surface area (Å²) < 4.78 is 13.4. The predicted octanol–water partition coefficient (Wildman–Crippen LogP) is 5.75. The Kier molecular flexibility index (Phi) is 6.06. The molecular weight excluding hydrogens is 467 g/mol. The summed E-state index contributed by atoms with van der Waals surface area (Å²) in [6, 6.07) is 21.3. The maximum absolute atomic E-state index is 13.4. The fraction of sp³-hybridized carbons (Fsp3) is 0.148. The molecule has 1 fully saturated rings. The highest BCUT2D eigenvalue weighted by atomic mass is 32.2. The molecule has 1 N–H and O–H groups in total. The molecule has 5 rings (SSSR count). The van der Waals surface area contributed by atoms with Crippen LogP contribution in [-0.4, -0.2) is 21.9 Å². The summed E-state index contributed by atoms with van der Waals surface area (Å²) in [5, 5.41) is 6.20. The van der Waals surface area contributed by atoms with Crippen LogP contribution in [0, 0.1) is 12.7 Å². The number of rotatable bonds is 5. The van der Waals surface area contributed by atoms with Gasteiger partial charge in [-0.05, 0) is 77.3 Å². The highest BCUT2D eigenvalue weighted by Gasteiger charge is 2.48. The summed E-state index contributed by atoms with van der Waals surface area (Å²) in [5.41, 5.74) is 2.76. The number of pyridine rings is 1. The Morgan fingerprint density at radius 1 is 1.03 bits per heavy atom. The number of piperidine rings is 1. The van der Waals surface area contributed by atoms with Crippen LogP contribution in [0.15, 0.2) is 88.5 Å². The van der Waals surface area contributed by atoms with E-state index in [1.165, 1.54) is 35.2 Å². The molecule has 4 nitrogen and oxygen atoms in total. The smallest absolute Gasteiger partial charge is 0.242 e. The number of carbonyl (C=O) groups is 2. The minimum absolute atomic E-state index is 0.0961. The number of hydrogen-bond donors (Lipinski definition) is 1. The Hall–Kier alpha value is -3.29. The molecule has 34 heavy (non-hydrogen) atoms. The molecule has 1 aliphatic heterocycles. The topological polar surface area (TPSA) is 59.1 Å². The van der Waals surface area contributed by atoms with E-state index in [0.29, 0.717) is 11.4 Å². The molecule has 1 amide bonds. The second kappa shape index (κ2) is 9.16. The average Bonchev–Trinajstić information content (AvgIpc) is 3.39. The van der Waals surface area contributed by atoms with Crippen molar-refractivity contribution < 1.29 is 14.0 Å². The van der Waals surface area contributed by atoms with Crippen molar-refractivity contribution in [2.45, 2.75) is 29.0 Å². The molecule has 0 saturated carbocycles. The van der Waals surface area contributed by atoms with Crippen molar-refractivity contribution in [2.24, 2.45) is 0 Å². The number of aromatic nitrogens is 1. The van der Waals surface area contributed by atoms with E-state index in [4.69, 9.17) is 4.98 Å². The number of thioether (sulfide) groups is 1. The molecule has 0 spiro atoms. The van der Waals surface area contributed by atoms with E-state index in [0.717, 1.165) is 21.6 Å². The van der Waals surface area contributed by atoms with Crippen molar-refractivity contribution in [2.75, 3.05) is 0 Å². The van der Waals surface area contributed by atoms with Crippen LogP contribution in [0.2, 0.25) is 0 Å². The van der Waals surface area contributed by atoms with E-state index in [9.17, 15) is 14.0 Å². The van der Waals surface area contributed by atoms with Gasteiger partial charge in [0.15, 0.2) is 5.78 Å².